The molecule has 0 aliphatic rings. The Morgan fingerprint density at radius 2 is 1.96 bits per heavy atom. The van der Waals surface area contributed by atoms with Crippen molar-refractivity contribution in [3.8, 4) is 5.75 Å². The summed E-state index contributed by atoms with van der Waals surface area (Å²) in [5.41, 5.74) is 2.32. The van der Waals surface area contributed by atoms with Crippen molar-refractivity contribution in [1.82, 2.24) is 20.4 Å². The predicted molar refractivity (Wildman–Crippen MR) is 108 cm³/mol. The lowest BCUT2D eigenvalue weighted by molar-refractivity contribution is 0.224. The molecule has 24 heavy (non-hydrogen) atoms. The molecule has 6 nitrogen and oxygen atoms in total. The van der Waals surface area contributed by atoms with E-state index in [-0.39, 0.29) is 30.1 Å². The molecule has 7 heteroatoms. The molecule has 1 aromatic heterocycles. The third kappa shape index (κ3) is 6.38. The van der Waals surface area contributed by atoms with Gasteiger partial charge in [-0.25, -0.2) is 0 Å². The Morgan fingerprint density at radius 3 is 2.54 bits per heavy atom. The van der Waals surface area contributed by atoms with Crippen LogP contribution in [0.2, 0.25) is 0 Å². The van der Waals surface area contributed by atoms with Crippen LogP contribution in [0.25, 0.3) is 0 Å². The number of hydrogen-bond donors (Lipinski definition) is 2. The first-order valence-corrected chi connectivity index (χ1v) is 7.73. The molecule has 0 fully saturated rings. The van der Waals surface area contributed by atoms with Crippen molar-refractivity contribution in [1.29, 1.82) is 0 Å². The molecule has 0 saturated heterocycles. The maximum absolute atomic E-state index is 5.87. The monoisotopic (exact) mass is 443 g/mol. The number of nitrogens with zero attached hydrogens (tertiary/aromatic N) is 3. The number of ether oxygens (including phenoxy) is 1. The van der Waals surface area contributed by atoms with E-state index in [1.807, 2.05) is 49.0 Å². The lowest BCUT2D eigenvalue weighted by Gasteiger charge is -2.18. The predicted octanol–water partition coefficient (Wildman–Crippen LogP) is 2.48. The van der Waals surface area contributed by atoms with Crippen molar-refractivity contribution < 1.29 is 4.74 Å². The molecule has 0 aliphatic carbocycles. The van der Waals surface area contributed by atoms with E-state index >= 15 is 0 Å². The fraction of sp³-hybridized carbons (Fsp3) is 0.412. The third-order valence-electron chi connectivity index (χ3n) is 3.50. The number of rotatable bonds is 6. The van der Waals surface area contributed by atoms with Gasteiger partial charge in [-0.2, -0.15) is 5.10 Å². The lowest BCUT2D eigenvalue weighted by atomic mass is 10.2. The van der Waals surface area contributed by atoms with E-state index in [0.717, 1.165) is 17.4 Å². The van der Waals surface area contributed by atoms with Gasteiger partial charge in [0.2, 0.25) is 0 Å². The average Bonchev–Trinajstić information content (AvgIpc) is 2.95. The fourth-order valence-corrected chi connectivity index (χ4v) is 2.10. The molecule has 1 aromatic carbocycles. The van der Waals surface area contributed by atoms with Crippen molar-refractivity contribution in [3.05, 3.63) is 47.8 Å². The number of hydrogen-bond acceptors (Lipinski definition) is 3. The number of benzene rings is 1. The Morgan fingerprint density at radius 1 is 1.25 bits per heavy atom. The first kappa shape index (κ1) is 20.3. The van der Waals surface area contributed by atoms with E-state index in [2.05, 4.69) is 27.6 Å². The lowest BCUT2D eigenvalue weighted by Crippen LogP contribution is -2.41. The van der Waals surface area contributed by atoms with Gasteiger partial charge in [-0.3, -0.25) is 9.67 Å². The molecule has 0 aliphatic heterocycles. The molecule has 0 spiro atoms. The molecule has 2 aromatic rings. The number of halogens is 1. The van der Waals surface area contributed by atoms with Crippen molar-refractivity contribution in [2.45, 2.75) is 26.5 Å². The zero-order valence-corrected chi connectivity index (χ0v) is 16.9. The Hall–Kier alpha value is -1.77. The Labute approximate surface area is 160 Å². The topological polar surface area (TPSA) is 63.5 Å². The van der Waals surface area contributed by atoms with Gasteiger partial charge in [0.05, 0.1) is 18.8 Å². The first-order valence-electron chi connectivity index (χ1n) is 7.73. The summed E-state index contributed by atoms with van der Waals surface area (Å²) in [6.45, 7) is 5.43. The minimum atomic E-state index is 0. The smallest absolute Gasteiger partial charge is 0.191 e. The summed E-state index contributed by atoms with van der Waals surface area (Å²) >= 11 is 0. The molecule has 1 atom stereocenters. The first-order chi connectivity index (χ1) is 11.1. The van der Waals surface area contributed by atoms with Gasteiger partial charge >= 0.3 is 0 Å². The summed E-state index contributed by atoms with van der Waals surface area (Å²) in [4.78, 5) is 4.22. The van der Waals surface area contributed by atoms with Gasteiger partial charge in [0.1, 0.15) is 11.9 Å². The van der Waals surface area contributed by atoms with Crippen LogP contribution in [0.5, 0.6) is 5.75 Å². The van der Waals surface area contributed by atoms with Crippen LogP contribution in [-0.4, -0.2) is 35.4 Å². The van der Waals surface area contributed by atoms with E-state index in [1.54, 1.807) is 13.2 Å². The minimum absolute atomic E-state index is 0. The summed E-state index contributed by atoms with van der Waals surface area (Å²) in [5.74, 6) is 1.62. The number of nitrogens with one attached hydrogen (secondary N) is 2. The van der Waals surface area contributed by atoms with Gasteiger partial charge in [0.25, 0.3) is 0 Å². The standard InChI is InChI=1S/C17H25N5O.HI/c1-13-5-7-16(8-6-13)23-14(2)11-19-17(18-3)20-12-15-9-10-21-22(15)4;/h5-10,14H,11-12H2,1-4H3,(H2,18,19,20);1H. The molecular weight excluding hydrogens is 417 g/mol. The van der Waals surface area contributed by atoms with Crippen molar-refractivity contribution in [2.75, 3.05) is 13.6 Å². The largest absolute Gasteiger partial charge is 0.489 e. The quantitative estimate of drug-likeness (QED) is 0.409. The van der Waals surface area contributed by atoms with Crippen LogP contribution in [0.15, 0.2) is 41.5 Å². The SMILES string of the molecule is CN=C(NCc1ccnn1C)NCC(C)Oc1ccc(C)cc1.I. The van der Waals surface area contributed by atoms with Crippen LogP contribution < -0.4 is 15.4 Å². The van der Waals surface area contributed by atoms with Crippen LogP contribution in [0, 0.1) is 6.92 Å². The molecule has 0 bridgehead atoms. The van der Waals surface area contributed by atoms with E-state index < -0.39 is 0 Å². The Balaban J connectivity index is 0.00000288. The van der Waals surface area contributed by atoms with Crippen molar-refractivity contribution >= 4 is 29.9 Å². The third-order valence-corrected chi connectivity index (χ3v) is 3.50. The number of aliphatic imine (C=N–C) groups is 1. The Kier molecular flexibility index (Phi) is 8.59. The van der Waals surface area contributed by atoms with Crippen LogP contribution in [0.3, 0.4) is 0 Å². The highest BCUT2D eigenvalue weighted by Gasteiger charge is 2.06. The summed E-state index contributed by atoms with van der Waals surface area (Å²) in [6.07, 6.45) is 1.82. The highest BCUT2D eigenvalue weighted by Crippen LogP contribution is 2.12. The normalized spacial score (nSPS) is 12.2. The summed E-state index contributed by atoms with van der Waals surface area (Å²) < 4.78 is 7.71. The molecular formula is C17H26IN5O. The molecule has 0 radical (unpaired) electrons. The van der Waals surface area contributed by atoms with Crippen LogP contribution in [0.1, 0.15) is 18.2 Å². The minimum Gasteiger partial charge on any atom is -0.489 e. The molecule has 2 N–H and O–H groups in total. The molecule has 2 rings (SSSR count). The van der Waals surface area contributed by atoms with E-state index in [1.165, 1.54) is 5.56 Å². The fourth-order valence-electron chi connectivity index (χ4n) is 2.10. The molecule has 0 amide bonds. The second-order valence-corrected chi connectivity index (χ2v) is 5.49. The maximum atomic E-state index is 5.87. The van der Waals surface area contributed by atoms with Crippen molar-refractivity contribution in [2.24, 2.45) is 12.0 Å². The van der Waals surface area contributed by atoms with Gasteiger partial charge in [0, 0.05) is 20.3 Å². The van der Waals surface area contributed by atoms with Gasteiger partial charge in [-0.15, -0.1) is 24.0 Å². The summed E-state index contributed by atoms with van der Waals surface area (Å²) in [5, 5.41) is 10.7. The van der Waals surface area contributed by atoms with Gasteiger partial charge in [-0.05, 0) is 32.0 Å². The molecule has 1 heterocycles. The summed E-state index contributed by atoms with van der Waals surface area (Å²) in [6, 6.07) is 10.0. The molecule has 0 saturated carbocycles. The van der Waals surface area contributed by atoms with E-state index in [4.69, 9.17) is 4.74 Å². The number of guanidine groups is 1. The average molecular weight is 443 g/mol. The van der Waals surface area contributed by atoms with Crippen LogP contribution >= 0.6 is 24.0 Å². The number of aromatic nitrogens is 2. The second-order valence-electron chi connectivity index (χ2n) is 5.49. The second kappa shape index (κ2) is 10.2. The highest BCUT2D eigenvalue weighted by molar-refractivity contribution is 14.0. The van der Waals surface area contributed by atoms with Crippen LogP contribution in [0.4, 0.5) is 0 Å². The van der Waals surface area contributed by atoms with Gasteiger partial charge in [-0.1, -0.05) is 17.7 Å². The van der Waals surface area contributed by atoms with E-state index in [9.17, 15) is 0 Å². The number of aryl methyl sites for hydroxylation is 2. The zero-order valence-electron chi connectivity index (χ0n) is 14.6. The van der Waals surface area contributed by atoms with Crippen LogP contribution in [-0.2, 0) is 13.6 Å². The Bertz CT molecular complexity index is 639. The molecule has 1 unspecified atom stereocenters. The molecule has 132 valence electrons. The summed E-state index contributed by atoms with van der Waals surface area (Å²) in [7, 11) is 3.68. The van der Waals surface area contributed by atoms with E-state index in [0.29, 0.717) is 13.1 Å². The zero-order chi connectivity index (χ0) is 16.7. The van der Waals surface area contributed by atoms with Crippen molar-refractivity contribution in [3.63, 3.8) is 0 Å². The highest BCUT2D eigenvalue weighted by atomic mass is 127. The van der Waals surface area contributed by atoms with Gasteiger partial charge in [0.15, 0.2) is 5.96 Å². The van der Waals surface area contributed by atoms with Gasteiger partial charge < -0.3 is 15.4 Å². The maximum Gasteiger partial charge on any atom is 0.191 e.